The van der Waals surface area contributed by atoms with Crippen LogP contribution >= 0.6 is 0 Å². The van der Waals surface area contributed by atoms with Crippen LogP contribution < -0.4 is 9.64 Å². The number of carbonyl (C=O) groups excluding carboxylic acids is 1. The molecular formula is C28H29N3O12. The molecule has 0 spiro atoms. The number of nitrogens with one attached hydrogen (secondary N) is 1. The monoisotopic (exact) mass is 599 g/mol. The number of imidazole rings is 1. The first kappa shape index (κ1) is 30.0. The van der Waals surface area contributed by atoms with Crippen molar-refractivity contribution in [3.63, 3.8) is 0 Å². The molecule has 1 fully saturated rings. The lowest BCUT2D eigenvalue weighted by Gasteiger charge is -2.44. The van der Waals surface area contributed by atoms with Crippen LogP contribution in [0, 0.1) is 0 Å². The predicted octanol–water partition coefficient (Wildman–Crippen LogP) is -1.03. The number of hydrogen-bond donors (Lipinski definition) is 9. The van der Waals surface area contributed by atoms with Gasteiger partial charge in [0.05, 0.1) is 18.6 Å². The first-order chi connectivity index (χ1) is 20.4. The number of aliphatic carboxylic acids is 1. The minimum absolute atomic E-state index is 0.00804. The van der Waals surface area contributed by atoms with Gasteiger partial charge in [-0.15, -0.1) is 0 Å². The highest BCUT2D eigenvalue weighted by Gasteiger charge is 2.55. The van der Waals surface area contributed by atoms with Crippen LogP contribution in [-0.4, -0.2) is 106 Å². The molecule has 2 aliphatic rings. The number of carboxylic acids is 1. The molecule has 15 nitrogen and oxygen atoms in total. The Morgan fingerprint density at radius 3 is 2.58 bits per heavy atom. The van der Waals surface area contributed by atoms with Crippen molar-refractivity contribution < 1.29 is 59.9 Å². The third kappa shape index (κ3) is 5.77. The number of aromatic hydroxyl groups is 2. The van der Waals surface area contributed by atoms with E-state index in [1.165, 1.54) is 18.5 Å². The zero-order chi connectivity index (χ0) is 31.1. The quantitative estimate of drug-likeness (QED) is 0.111. The minimum atomic E-state index is -3.05. The Bertz CT molecular complexity index is 1540. The fourth-order valence-electron chi connectivity index (χ4n) is 5.06. The minimum Gasteiger partial charge on any atom is -0.508 e. The van der Waals surface area contributed by atoms with Crippen molar-refractivity contribution in [1.29, 1.82) is 0 Å². The van der Waals surface area contributed by atoms with Crippen LogP contribution in [0.15, 0.2) is 48.9 Å². The van der Waals surface area contributed by atoms with Crippen molar-refractivity contribution in [2.75, 3.05) is 11.5 Å². The van der Waals surface area contributed by atoms with Gasteiger partial charge in [-0.3, -0.25) is 9.69 Å². The molecule has 0 radical (unpaired) electrons. The van der Waals surface area contributed by atoms with E-state index in [1.54, 1.807) is 18.3 Å². The van der Waals surface area contributed by atoms with Crippen molar-refractivity contribution in [1.82, 2.24) is 9.97 Å². The number of carboxylic acid groups (broad SMARTS) is 1. The lowest BCUT2D eigenvalue weighted by molar-refractivity contribution is -0.422. The number of aliphatic hydroxyl groups excluding tert-OH is 4. The van der Waals surface area contributed by atoms with Gasteiger partial charge in [-0.1, -0.05) is 6.07 Å². The summed E-state index contributed by atoms with van der Waals surface area (Å²) in [4.78, 5) is 33.3. The Hall–Kier alpha value is -4.51. The third-order valence-corrected chi connectivity index (χ3v) is 7.31. The second-order valence-electron chi connectivity index (χ2n) is 10.2. The highest BCUT2D eigenvalue weighted by Crippen LogP contribution is 2.43. The number of benzene rings is 2. The normalized spacial score (nSPS) is 26.9. The summed E-state index contributed by atoms with van der Waals surface area (Å²) in [6.45, 7) is -0.868. The molecule has 6 atom stereocenters. The van der Waals surface area contributed by atoms with Crippen LogP contribution in [0.25, 0.3) is 6.08 Å². The maximum Gasteiger partial charge on any atom is 0.355 e. The fourth-order valence-corrected chi connectivity index (χ4v) is 5.06. The summed E-state index contributed by atoms with van der Waals surface area (Å²) in [5, 5.41) is 81.3. The number of aliphatic hydroxyl groups is 5. The number of fused-ring (bicyclic) bond motifs is 1. The van der Waals surface area contributed by atoms with Crippen LogP contribution in [0.5, 0.6) is 17.2 Å². The number of ether oxygens (including phenoxy) is 2. The van der Waals surface area contributed by atoms with Crippen molar-refractivity contribution in [2.45, 2.75) is 49.3 Å². The summed E-state index contributed by atoms with van der Waals surface area (Å²) in [5.74, 6) is -6.28. The maximum atomic E-state index is 13.4. The van der Waals surface area contributed by atoms with E-state index in [1.807, 2.05) is 0 Å². The highest BCUT2D eigenvalue weighted by molar-refractivity contribution is 6.09. The number of hydrogen-bond acceptors (Lipinski definition) is 12. The van der Waals surface area contributed by atoms with Crippen molar-refractivity contribution in [3.05, 3.63) is 71.3 Å². The molecule has 2 aromatic carbocycles. The molecule has 228 valence electrons. The number of carbonyl (C=O) groups is 2. The number of H-pyrrole nitrogens is 1. The molecule has 1 saturated heterocycles. The zero-order valence-corrected chi connectivity index (χ0v) is 22.3. The molecule has 1 aromatic heterocycles. The fraction of sp³-hybridized carbons (Fsp3) is 0.321. The Morgan fingerprint density at radius 1 is 1.14 bits per heavy atom. The van der Waals surface area contributed by atoms with E-state index in [0.29, 0.717) is 17.5 Å². The van der Waals surface area contributed by atoms with Crippen molar-refractivity contribution >= 4 is 23.6 Å². The molecule has 9 N–H and O–H groups in total. The number of phenols is 2. The van der Waals surface area contributed by atoms with Gasteiger partial charge < -0.3 is 55.3 Å². The van der Waals surface area contributed by atoms with E-state index in [9.17, 15) is 50.4 Å². The molecule has 0 aliphatic carbocycles. The van der Waals surface area contributed by atoms with Gasteiger partial charge in [0.1, 0.15) is 30.1 Å². The summed E-state index contributed by atoms with van der Waals surface area (Å²) in [6, 6.07) is 5.48. The smallest absolute Gasteiger partial charge is 0.355 e. The standard InChI is InChI=1S/C28H29N3O12/c32-11-22-24(36)25(37)26(38)28(41,43-22)42-21-9-17-14(8-20(21)34)7-18(27(39)40)31(17)23(35)4-2-13-1-3-19(33)15(5-13)6-16-10-29-12-30-16/h1-5,8-10,12,18,22,24-26,32-34,36-38,41H,6-7,11H2,(H,29,30)(H,39,40)/b4-2+/t18-,22-,24-,25+,26-,28+/m1/s1. The summed E-state index contributed by atoms with van der Waals surface area (Å²) in [6.07, 6.45) is -1.76. The van der Waals surface area contributed by atoms with Gasteiger partial charge in [-0.2, -0.15) is 0 Å². The Morgan fingerprint density at radius 2 is 1.91 bits per heavy atom. The van der Waals surface area contributed by atoms with Gasteiger partial charge in [0, 0.05) is 42.4 Å². The Kier molecular flexibility index (Phi) is 8.11. The Labute approximate surface area is 243 Å². The van der Waals surface area contributed by atoms with Crippen LogP contribution in [0.3, 0.4) is 0 Å². The first-order valence-corrected chi connectivity index (χ1v) is 13.0. The summed E-state index contributed by atoms with van der Waals surface area (Å²) >= 11 is 0. The van der Waals surface area contributed by atoms with Crippen molar-refractivity contribution in [3.8, 4) is 17.2 Å². The SMILES string of the molecule is O=C(O)[C@H]1Cc2cc(O)c(O[C@]3(O)O[C@H](CO)[C@@H](O)[C@H](O)[C@H]3O)cc2N1C(=O)/C=C/c1ccc(O)c(Cc2cnc[nH]2)c1. The summed E-state index contributed by atoms with van der Waals surface area (Å²) in [7, 11) is 0. The molecule has 15 heteroatoms. The number of amides is 1. The topological polar surface area (TPSA) is 246 Å². The number of phenolic OH excluding ortho intramolecular Hbond substituents is 2. The second-order valence-corrected chi connectivity index (χ2v) is 10.2. The van der Waals surface area contributed by atoms with Crippen LogP contribution in [0.2, 0.25) is 0 Å². The molecule has 0 bridgehead atoms. The molecular weight excluding hydrogens is 570 g/mol. The molecule has 0 saturated carbocycles. The van der Waals surface area contributed by atoms with E-state index in [0.717, 1.165) is 28.8 Å². The number of nitrogens with zero attached hydrogens (tertiary/aromatic N) is 2. The van der Waals surface area contributed by atoms with E-state index in [4.69, 9.17) is 9.47 Å². The molecule has 3 aromatic rings. The molecule has 3 heterocycles. The summed E-state index contributed by atoms with van der Waals surface area (Å²) < 4.78 is 10.4. The average molecular weight is 600 g/mol. The number of aromatic nitrogens is 2. The zero-order valence-electron chi connectivity index (χ0n) is 22.3. The highest BCUT2D eigenvalue weighted by atomic mass is 16.8. The van der Waals surface area contributed by atoms with E-state index < -0.39 is 66.4 Å². The van der Waals surface area contributed by atoms with Gasteiger partial charge in [0.2, 0.25) is 0 Å². The second kappa shape index (κ2) is 11.6. The first-order valence-electron chi connectivity index (χ1n) is 13.0. The number of rotatable bonds is 8. The number of aromatic amines is 1. The van der Waals surface area contributed by atoms with Crippen molar-refractivity contribution in [2.24, 2.45) is 0 Å². The largest absolute Gasteiger partial charge is 0.508 e. The predicted molar refractivity (Wildman–Crippen MR) is 145 cm³/mol. The Balaban J connectivity index is 1.43. The molecule has 0 unspecified atom stereocenters. The van der Waals surface area contributed by atoms with Crippen LogP contribution in [0.4, 0.5) is 5.69 Å². The van der Waals surface area contributed by atoms with E-state index in [-0.39, 0.29) is 23.4 Å². The molecule has 5 rings (SSSR count). The molecule has 1 amide bonds. The van der Waals surface area contributed by atoms with E-state index in [2.05, 4.69) is 9.97 Å². The average Bonchev–Trinajstić information content (AvgIpc) is 3.62. The van der Waals surface area contributed by atoms with Crippen LogP contribution in [0.1, 0.15) is 22.4 Å². The lowest BCUT2D eigenvalue weighted by atomic mass is 9.98. The van der Waals surface area contributed by atoms with Gasteiger partial charge in [0.15, 0.2) is 17.6 Å². The third-order valence-electron chi connectivity index (χ3n) is 7.31. The summed E-state index contributed by atoms with van der Waals surface area (Å²) in [5.41, 5.74) is 2.10. The maximum absolute atomic E-state index is 13.4. The van der Waals surface area contributed by atoms with E-state index >= 15 is 0 Å². The van der Waals surface area contributed by atoms with Gasteiger partial charge in [-0.25, -0.2) is 9.78 Å². The van der Waals surface area contributed by atoms with Gasteiger partial charge in [0.25, 0.3) is 5.91 Å². The van der Waals surface area contributed by atoms with Gasteiger partial charge >= 0.3 is 11.9 Å². The van der Waals surface area contributed by atoms with Crippen LogP contribution in [-0.2, 0) is 27.2 Å². The lowest BCUT2D eigenvalue weighted by Crippen LogP contribution is -2.67. The number of anilines is 1. The molecule has 2 aliphatic heterocycles. The molecule has 43 heavy (non-hydrogen) atoms. The van der Waals surface area contributed by atoms with Gasteiger partial charge in [-0.05, 0) is 35.4 Å².